The summed E-state index contributed by atoms with van der Waals surface area (Å²) in [4.78, 5) is 32.0. The van der Waals surface area contributed by atoms with Gasteiger partial charge in [-0.25, -0.2) is 14.4 Å². The van der Waals surface area contributed by atoms with Crippen LogP contribution in [0.3, 0.4) is 0 Å². The van der Waals surface area contributed by atoms with E-state index < -0.39 is 17.9 Å². The number of carbonyl (C=O) groups is 3. The molecular formula is C27H30O12Tb. The van der Waals surface area contributed by atoms with Crippen molar-refractivity contribution in [3.8, 4) is 34.5 Å². The second-order valence-electron chi connectivity index (χ2n) is 7.11. The molecule has 12 nitrogen and oxygen atoms in total. The Kier molecular flexibility index (Phi) is 16.7. The normalized spacial score (nSPS) is 9.15. The van der Waals surface area contributed by atoms with E-state index in [0.29, 0.717) is 34.5 Å². The van der Waals surface area contributed by atoms with Crippen molar-refractivity contribution in [1.82, 2.24) is 0 Å². The van der Waals surface area contributed by atoms with Crippen LogP contribution in [0.1, 0.15) is 31.1 Å². The summed E-state index contributed by atoms with van der Waals surface area (Å²) in [5.74, 6) is -0.436. The third-order valence-corrected chi connectivity index (χ3v) is 4.92. The predicted octanol–water partition coefficient (Wildman–Crippen LogP) is 4.21. The summed E-state index contributed by atoms with van der Waals surface area (Å²) in [7, 11) is 8.78. The fourth-order valence-corrected chi connectivity index (χ4v) is 2.93. The van der Waals surface area contributed by atoms with Gasteiger partial charge in [0, 0.05) is 56.8 Å². The van der Waals surface area contributed by atoms with E-state index in [1.54, 1.807) is 18.2 Å². The summed E-state index contributed by atoms with van der Waals surface area (Å²) < 4.78 is 29.4. The number of rotatable bonds is 9. The molecule has 0 aromatic heterocycles. The maximum atomic E-state index is 10.7. The van der Waals surface area contributed by atoms with Crippen molar-refractivity contribution in [3.05, 3.63) is 71.3 Å². The van der Waals surface area contributed by atoms with Crippen LogP contribution in [0.15, 0.2) is 54.6 Å². The zero-order chi connectivity index (χ0) is 29.5. The molecule has 0 atom stereocenters. The molecule has 1 radical (unpaired) electrons. The first-order chi connectivity index (χ1) is 18.6. The fourth-order valence-electron chi connectivity index (χ4n) is 2.93. The van der Waals surface area contributed by atoms with Gasteiger partial charge >= 0.3 is 17.9 Å². The van der Waals surface area contributed by atoms with Crippen molar-refractivity contribution in [2.45, 2.75) is 0 Å². The van der Waals surface area contributed by atoms with E-state index >= 15 is 0 Å². The smallest absolute Gasteiger partial charge is 0.339 e. The van der Waals surface area contributed by atoms with E-state index in [1.165, 1.54) is 79.1 Å². The molecule has 219 valence electrons. The SMILES string of the molecule is COc1ccc(C(=O)O)c(OC)c1.COc1ccc(C(=O)O)c(OC)c1.COc1ccc(C(=O)O)c(OC)c1.[Tb]. The second-order valence-corrected chi connectivity index (χ2v) is 7.11. The molecule has 0 aliphatic rings. The van der Waals surface area contributed by atoms with E-state index in [-0.39, 0.29) is 55.3 Å². The fraction of sp³-hybridized carbons (Fsp3) is 0.222. The summed E-state index contributed by atoms with van der Waals surface area (Å²) >= 11 is 0. The standard InChI is InChI=1S/3C9H10O4.Tb/c3*1-12-6-3-4-7(9(10)11)8(5-6)13-2;/h3*3-5H,1-2H3,(H,10,11);. The van der Waals surface area contributed by atoms with Gasteiger partial charge in [0.25, 0.3) is 0 Å². The van der Waals surface area contributed by atoms with E-state index in [0.717, 1.165) is 0 Å². The maximum absolute atomic E-state index is 10.7. The minimum atomic E-state index is -1.01. The molecule has 0 amide bonds. The van der Waals surface area contributed by atoms with Crippen LogP contribution in [0, 0.1) is 38.6 Å². The number of hydrogen-bond acceptors (Lipinski definition) is 9. The Morgan fingerprint density at radius 3 is 0.825 bits per heavy atom. The van der Waals surface area contributed by atoms with Gasteiger partial charge in [0.15, 0.2) is 0 Å². The van der Waals surface area contributed by atoms with Gasteiger partial charge in [0.1, 0.15) is 51.2 Å². The van der Waals surface area contributed by atoms with Crippen molar-refractivity contribution >= 4 is 17.9 Å². The monoisotopic (exact) mass is 705 g/mol. The van der Waals surface area contributed by atoms with Crippen molar-refractivity contribution in [2.24, 2.45) is 0 Å². The summed E-state index contributed by atoms with van der Waals surface area (Å²) in [6.45, 7) is 0. The Balaban J connectivity index is 0.000000563. The summed E-state index contributed by atoms with van der Waals surface area (Å²) in [5, 5.41) is 26.2. The Morgan fingerprint density at radius 1 is 0.450 bits per heavy atom. The van der Waals surface area contributed by atoms with E-state index in [9.17, 15) is 14.4 Å². The first-order valence-corrected chi connectivity index (χ1v) is 10.9. The van der Waals surface area contributed by atoms with Crippen LogP contribution in [0.4, 0.5) is 0 Å². The molecule has 13 heteroatoms. The van der Waals surface area contributed by atoms with E-state index in [2.05, 4.69) is 0 Å². The predicted molar refractivity (Wildman–Crippen MR) is 140 cm³/mol. The van der Waals surface area contributed by atoms with Gasteiger partial charge in [-0.3, -0.25) is 0 Å². The Labute approximate surface area is 261 Å². The first kappa shape index (κ1) is 36.2. The minimum Gasteiger partial charge on any atom is -0.497 e. The Bertz CT molecular complexity index is 1120. The van der Waals surface area contributed by atoms with Gasteiger partial charge in [-0.2, -0.15) is 0 Å². The number of aromatic carboxylic acids is 3. The van der Waals surface area contributed by atoms with Gasteiger partial charge in [-0.05, 0) is 36.4 Å². The zero-order valence-electron chi connectivity index (χ0n) is 22.5. The number of carboxylic acids is 3. The van der Waals surface area contributed by atoms with Gasteiger partial charge in [-0.15, -0.1) is 0 Å². The van der Waals surface area contributed by atoms with Crippen LogP contribution in [0.25, 0.3) is 0 Å². The van der Waals surface area contributed by atoms with Crippen molar-refractivity contribution in [2.75, 3.05) is 42.7 Å². The summed E-state index contributed by atoms with van der Waals surface area (Å²) in [6, 6.07) is 13.7. The molecule has 0 aliphatic heterocycles. The average molecular weight is 705 g/mol. The van der Waals surface area contributed by atoms with Gasteiger partial charge in [0.2, 0.25) is 0 Å². The number of carboxylic acid groups (broad SMARTS) is 3. The van der Waals surface area contributed by atoms with Crippen LogP contribution in [0.2, 0.25) is 0 Å². The molecule has 0 fully saturated rings. The van der Waals surface area contributed by atoms with E-state index in [1.807, 2.05) is 0 Å². The van der Waals surface area contributed by atoms with Crippen molar-refractivity contribution in [3.63, 3.8) is 0 Å². The molecule has 0 saturated carbocycles. The first-order valence-electron chi connectivity index (χ1n) is 10.9. The van der Waals surface area contributed by atoms with Crippen LogP contribution in [0.5, 0.6) is 34.5 Å². The number of methoxy groups -OCH3 is 6. The Hall–Kier alpha value is -3.84. The molecule has 0 saturated heterocycles. The third kappa shape index (κ3) is 10.7. The number of benzene rings is 3. The maximum Gasteiger partial charge on any atom is 0.339 e. The number of ether oxygens (including phenoxy) is 6. The quantitative estimate of drug-likeness (QED) is 0.291. The molecule has 40 heavy (non-hydrogen) atoms. The second kappa shape index (κ2) is 18.4. The molecule has 0 bridgehead atoms. The van der Waals surface area contributed by atoms with Crippen molar-refractivity contribution < 1.29 is 96.7 Å². The van der Waals surface area contributed by atoms with Gasteiger partial charge in [-0.1, -0.05) is 0 Å². The topological polar surface area (TPSA) is 167 Å². The van der Waals surface area contributed by atoms with Crippen LogP contribution in [-0.2, 0) is 0 Å². The molecule has 0 unspecified atom stereocenters. The zero-order valence-corrected chi connectivity index (χ0v) is 24.7. The minimum absolute atomic E-state index is 0. The third-order valence-electron chi connectivity index (χ3n) is 4.92. The molecule has 3 rings (SSSR count). The molecule has 3 aromatic rings. The average Bonchev–Trinajstić information content (AvgIpc) is 2.96. The Morgan fingerprint density at radius 2 is 0.675 bits per heavy atom. The molecule has 3 aromatic carbocycles. The van der Waals surface area contributed by atoms with Crippen LogP contribution in [-0.4, -0.2) is 75.9 Å². The van der Waals surface area contributed by atoms with Crippen molar-refractivity contribution in [1.29, 1.82) is 0 Å². The number of hydrogen-bond donors (Lipinski definition) is 3. The summed E-state index contributed by atoms with van der Waals surface area (Å²) in [6.07, 6.45) is 0. The van der Waals surface area contributed by atoms with Gasteiger partial charge in [0.05, 0.1) is 42.7 Å². The van der Waals surface area contributed by atoms with E-state index in [4.69, 9.17) is 43.7 Å². The van der Waals surface area contributed by atoms with Crippen LogP contribution >= 0.6 is 0 Å². The molecule has 0 spiro atoms. The van der Waals surface area contributed by atoms with Gasteiger partial charge < -0.3 is 43.7 Å². The summed E-state index contributed by atoms with van der Waals surface area (Å²) in [5.41, 5.74) is 0.384. The molecule has 0 aliphatic carbocycles. The largest absolute Gasteiger partial charge is 0.497 e. The molecule has 3 N–H and O–H groups in total. The molecular weight excluding hydrogens is 675 g/mol. The van der Waals surface area contributed by atoms with Crippen LogP contribution < -0.4 is 28.4 Å². The molecule has 0 heterocycles.